The van der Waals surface area contributed by atoms with Crippen molar-refractivity contribution in [3.05, 3.63) is 82.7 Å². The van der Waals surface area contributed by atoms with Gasteiger partial charge in [-0.05, 0) is 75.6 Å². The van der Waals surface area contributed by atoms with Gasteiger partial charge in [-0.2, -0.15) is 0 Å². The van der Waals surface area contributed by atoms with Crippen LogP contribution in [0.5, 0.6) is 0 Å². The Kier molecular flexibility index (Phi) is 9.30. The van der Waals surface area contributed by atoms with E-state index in [9.17, 15) is 9.59 Å². The first-order valence-corrected chi connectivity index (χ1v) is 15.6. The Labute approximate surface area is 250 Å². The smallest absolute Gasteiger partial charge is 0.310 e. The minimum atomic E-state index is -0.222. The second-order valence-corrected chi connectivity index (χ2v) is 12.5. The molecule has 1 aliphatic carbocycles. The zero-order chi connectivity index (χ0) is 29.7. The first-order valence-electron chi connectivity index (χ1n) is 15.6. The largest absolute Gasteiger partial charge is 0.463 e. The van der Waals surface area contributed by atoms with Crippen molar-refractivity contribution in [2.45, 2.75) is 91.7 Å². The molecular weight excluding hydrogens is 522 g/mol. The lowest BCUT2D eigenvalue weighted by molar-refractivity contribution is -0.146. The molecule has 1 saturated carbocycles. The Balaban J connectivity index is 1.48. The van der Waals surface area contributed by atoms with Crippen molar-refractivity contribution in [2.75, 3.05) is 18.0 Å². The number of rotatable bonds is 8. The van der Waals surface area contributed by atoms with Crippen molar-refractivity contribution in [3.63, 3.8) is 0 Å². The third-order valence-electron chi connectivity index (χ3n) is 9.00. The molecule has 3 aromatic rings. The van der Waals surface area contributed by atoms with Crippen LogP contribution in [0.3, 0.4) is 0 Å². The Morgan fingerprint density at radius 2 is 1.62 bits per heavy atom. The molecule has 222 valence electrons. The fraction of sp³-hybridized carbons (Fsp3) is 0.472. The lowest BCUT2D eigenvalue weighted by Gasteiger charge is -2.31. The molecule has 0 bridgehead atoms. The standard InChI is InChI=1S/C36H45N3O3/c1-25(2)42-32(40)22-31-26(3)38-27(4)33(34(31)39-21-20-36(24-39)18-10-5-6-11-19-36)29-14-16-30(17-15-29)35(41)37-23-28-12-8-7-9-13-28/h7-9,12-17,25H,5-6,10-11,18-24H2,1-4H3,(H,37,41). The summed E-state index contributed by atoms with van der Waals surface area (Å²) >= 11 is 0. The predicted octanol–water partition coefficient (Wildman–Crippen LogP) is 7.34. The van der Waals surface area contributed by atoms with E-state index in [0.29, 0.717) is 17.5 Å². The quantitative estimate of drug-likeness (QED) is 0.288. The first-order chi connectivity index (χ1) is 20.2. The van der Waals surface area contributed by atoms with Gasteiger partial charge in [-0.1, -0.05) is 68.1 Å². The fourth-order valence-electron chi connectivity index (χ4n) is 6.90. The van der Waals surface area contributed by atoms with Crippen molar-refractivity contribution in [1.82, 2.24) is 10.3 Å². The molecule has 1 N–H and O–H groups in total. The zero-order valence-corrected chi connectivity index (χ0v) is 25.7. The molecule has 0 unspecified atom stereocenters. The van der Waals surface area contributed by atoms with Crippen molar-refractivity contribution >= 4 is 17.6 Å². The number of esters is 1. The van der Waals surface area contributed by atoms with Gasteiger partial charge < -0.3 is 15.0 Å². The summed E-state index contributed by atoms with van der Waals surface area (Å²) in [7, 11) is 0. The van der Waals surface area contributed by atoms with Gasteiger partial charge in [-0.25, -0.2) is 0 Å². The van der Waals surface area contributed by atoms with Crippen LogP contribution in [0.15, 0.2) is 54.6 Å². The normalized spacial score (nSPS) is 16.5. The Morgan fingerprint density at radius 1 is 0.929 bits per heavy atom. The summed E-state index contributed by atoms with van der Waals surface area (Å²) < 4.78 is 5.60. The van der Waals surface area contributed by atoms with Gasteiger partial charge in [0.1, 0.15) is 0 Å². The molecule has 1 spiro atoms. The van der Waals surface area contributed by atoms with Crippen LogP contribution >= 0.6 is 0 Å². The van der Waals surface area contributed by atoms with Crippen LogP contribution in [0.25, 0.3) is 11.1 Å². The number of anilines is 1. The molecule has 0 radical (unpaired) electrons. The summed E-state index contributed by atoms with van der Waals surface area (Å²) in [6.07, 6.45) is 9.04. The van der Waals surface area contributed by atoms with E-state index in [2.05, 4.69) is 17.1 Å². The van der Waals surface area contributed by atoms with Crippen molar-refractivity contribution in [2.24, 2.45) is 5.41 Å². The Morgan fingerprint density at radius 3 is 2.29 bits per heavy atom. The van der Waals surface area contributed by atoms with Gasteiger partial charge in [0.2, 0.25) is 0 Å². The van der Waals surface area contributed by atoms with Gasteiger partial charge in [0.25, 0.3) is 5.91 Å². The molecule has 2 aliphatic rings. The highest BCUT2D eigenvalue weighted by atomic mass is 16.5. The minimum Gasteiger partial charge on any atom is -0.463 e. The molecule has 2 heterocycles. The van der Waals surface area contributed by atoms with Crippen molar-refractivity contribution < 1.29 is 14.3 Å². The molecule has 6 nitrogen and oxygen atoms in total. The number of carbonyl (C=O) groups is 2. The van der Waals surface area contributed by atoms with Crippen LogP contribution in [0.2, 0.25) is 0 Å². The zero-order valence-electron chi connectivity index (χ0n) is 25.7. The first kappa shape index (κ1) is 29.8. The Bertz CT molecular complexity index is 1390. The molecule has 5 rings (SSSR count). The maximum absolute atomic E-state index is 13.0. The van der Waals surface area contributed by atoms with Crippen molar-refractivity contribution in [1.29, 1.82) is 0 Å². The van der Waals surface area contributed by atoms with E-state index in [1.54, 1.807) is 0 Å². The highest BCUT2D eigenvalue weighted by Crippen LogP contribution is 2.47. The van der Waals surface area contributed by atoms with Gasteiger partial charge in [-0.15, -0.1) is 0 Å². The Hall–Kier alpha value is -3.67. The van der Waals surface area contributed by atoms with E-state index in [4.69, 9.17) is 9.72 Å². The third kappa shape index (κ3) is 6.86. The number of pyridine rings is 1. The second-order valence-electron chi connectivity index (χ2n) is 12.5. The molecule has 42 heavy (non-hydrogen) atoms. The summed E-state index contributed by atoms with van der Waals surface area (Å²) in [5.74, 6) is -0.323. The van der Waals surface area contributed by atoms with Gasteiger partial charge >= 0.3 is 5.97 Å². The average Bonchev–Trinajstić information content (AvgIpc) is 3.24. The summed E-state index contributed by atoms with van der Waals surface area (Å²) in [6.45, 7) is 10.3. The maximum atomic E-state index is 13.0. The lowest BCUT2D eigenvalue weighted by Crippen LogP contribution is -2.29. The molecule has 6 heteroatoms. The molecule has 1 aliphatic heterocycles. The van der Waals surface area contributed by atoms with E-state index in [1.165, 1.54) is 44.9 Å². The highest BCUT2D eigenvalue weighted by Gasteiger charge is 2.40. The summed E-state index contributed by atoms with van der Waals surface area (Å²) in [5.41, 5.74) is 7.97. The molecule has 1 aromatic heterocycles. The number of nitrogens with zero attached hydrogens (tertiary/aromatic N) is 2. The van der Waals surface area contributed by atoms with Gasteiger partial charge in [0.15, 0.2) is 0 Å². The maximum Gasteiger partial charge on any atom is 0.310 e. The van der Waals surface area contributed by atoms with E-state index in [0.717, 1.165) is 52.4 Å². The molecular formula is C36H45N3O3. The SMILES string of the molecule is Cc1nc(C)c(-c2ccc(C(=O)NCc3ccccc3)cc2)c(N2CCC3(CCCCCC3)C2)c1CC(=O)OC(C)C. The molecule has 2 aromatic carbocycles. The van der Waals surface area contributed by atoms with Crippen molar-refractivity contribution in [3.8, 4) is 11.1 Å². The number of hydrogen-bond donors (Lipinski definition) is 1. The molecule has 1 saturated heterocycles. The van der Waals surface area contributed by atoms with Crippen LogP contribution < -0.4 is 10.2 Å². The van der Waals surface area contributed by atoms with Gasteiger partial charge in [0.05, 0.1) is 18.2 Å². The summed E-state index contributed by atoms with van der Waals surface area (Å²) in [6, 6.07) is 17.7. The van der Waals surface area contributed by atoms with E-state index in [1.807, 2.05) is 75.4 Å². The number of benzene rings is 2. The number of ether oxygens (including phenoxy) is 1. The number of aromatic nitrogens is 1. The second kappa shape index (κ2) is 13.1. The van der Waals surface area contributed by atoms with Gasteiger partial charge in [0, 0.05) is 47.7 Å². The van der Waals surface area contributed by atoms with Crippen LogP contribution in [0, 0.1) is 19.3 Å². The van der Waals surface area contributed by atoms with Crippen LogP contribution in [-0.2, 0) is 22.5 Å². The molecule has 2 fully saturated rings. The minimum absolute atomic E-state index is 0.101. The van der Waals surface area contributed by atoms with E-state index >= 15 is 0 Å². The topological polar surface area (TPSA) is 71.5 Å². The van der Waals surface area contributed by atoms with Crippen LogP contribution in [0.1, 0.15) is 91.7 Å². The third-order valence-corrected chi connectivity index (χ3v) is 9.00. The summed E-state index contributed by atoms with van der Waals surface area (Å²) in [4.78, 5) is 33.4. The number of hydrogen-bond acceptors (Lipinski definition) is 5. The average molecular weight is 568 g/mol. The van der Waals surface area contributed by atoms with E-state index in [-0.39, 0.29) is 24.4 Å². The van der Waals surface area contributed by atoms with Crippen LogP contribution in [-0.4, -0.2) is 36.1 Å². The lowest BCUT2D eigenvalue weighted by atomic mass is 9.80. The number of amides is 1. The van der Waals surface area contributed by atoms with Crippen LogP contribution in [0.4, 0.5) is 5.69 Å². The molecule has 0 atom stereocenters. The highest BCUT2D eigenvalue weighted by molar-refractivity contribution is 5.95. The predicted molar refractivity (Wildman–Crippen MR) is 169 cm³/mol. The number of carbonyl (C=O) groups excluding carboxylic acids is 2. The monoisotopic (exact) mass is 567 g/mol. The fourth-order valence-corrected chi connectivity index (χ4v) is 6.90. The van der Waals surface area contributed by atoms with Gasteiger partial charge in [-0.3, -0.25) is 14.6 Å². The molecule has 1 amide bonds. The summed E-state index contributed by atoms with van der Waals surface area (Å²) in [5, 5.41) is 3.02. The number of nitrogens with one attached hydrogen (secondary N) is 1. The van der Waals surface area contributed by atoms with E-state index < -0.39 is 0 Å². The number of aryl methyl sites for hydroxylation is 2.